The minimum atomic E-state index is -1.11. The van der Waals surface area contributed by atoms with Crippen LogP contribution in [0.4, 0.5) is 11.4 Å². The second kappa shape index (κ2) is 12.0. The largest absolute Gasteiger partial charge is 0.478 e. The number of tetrazole rings is 1. The number of carbonyl (C=O) groups excluding carboxylic acids is 3. The standard InChI is InChI=1S/C28H23ClN8O5/c1-16(38)32-21-13-22-23(30-14-21)10-11-36(26(22)27(40)33-20-6-2-17(3-7-20)28(41)42)25(39)9-4-18-12-19(29)5-8-24(18)37-15-31-34-35-37/h2-9,12-15,26H,10-11H2,1H3,(H,32,38)(H,33,40)(H,41,42). The molecule has 0 bridgehead atoms. The summed E-state index contributed by atoms with van der Waals surface area (Å²) in [5.41, 5.74) is 2.98. The van der Waals surface area contributed by atoms with Crippen molar-refractivity contribution >= 4 is 52.7 Å². The van der Waals surface area contributed by atoms with Gasteiger partial charge in [0.2, 0.25) is 11.8 Å². The summed E-state index contributed by atoms with van der Waals surface area (Å²) in [5.74, 6) is -2.42. The predicted molar refractivity (Wildman–Crippen MR) is 152 cm³/mol. The van der Waals surface area contributed by atoms with Crippen LogP contribution in [0.15, 0.2) is 67.1 Å². The van der Waals surface area contributed by atoms with Gasteiger partial charge in [0.1, 0.15) is 12.4 Å². The molecule has 1 unspecified atom stereocenters. The molecule has 3 heterocycles. The van der Waals surface area contributed by atoms with E-state index >= 15 is 0 Å². The fourth-order valence-corrected chi connectivity index (χ4v) is 4.75. The molecule has 0 saturated carbocycles. The highest BCUT2D eigenvalue weighted by Gasteiger charge is 2.36. The van der Waals surface area contributed by atoms with Crippen molar-refractivity contribution < 1.29 is 24.3 Å². The number of pyridine rings is 1. The first-order valence-corrected chi connectivity index (χ1v) is 13.0. The Labute approximate surface area is 243 Å². The van der Waals surface area contributed by atoms with Crippen LogP contribution in [0.3, 0.4) is 0 Å². The van der Waals surface area contributed by atoms with Crippen LogP contribution in [0, 0.1) is 0 Å². The van der Waals surface area contributed by atoms with E-state index in [2.05, 4.69) is 31.1 Å². The van der Waals surface area contributed by atoms with Crippen LogP contribution in [-0.4, -0.2) is 65.4 Å². The highest BCUT2D eigenvalue weighted by Crippen LogP contribution is 2.32. The lowest BCUT2D eigenvalue weighted by Gasteiger charge is -2.35. The van der Waals surface area contributed by atoms with Crippen molar-refractivity contribution in [3.63, 3.8) is 0 Å². The lowest BCUT2D eigenvalue weighted by Crippen LogP contribution is -2.45. The first-order valence-electron chi connectivity index (χ1n) is 12.6. The zero-order valence-electron chi connectivity index (χ0n) is 22.1. The molecule has 1 atom stereocenters. The second-order valence-corrected chi connectivity index (χ2v) is 9.72. The summed E-state index contributed by atoms with van der Waals surface area (Å²) in [6, 6.07) is 11.2. The predicted octanol–water partition coefficient (Wildman–Crippen LogP) is 3.15. The van der Waals surface area contributed by atoms with Gasteiger partial charge in [-0.1, -0.05) is 11.6 Å². The summed E-state index contributed by atoms with van der Waals surface area (Å²) in [4.78, 5) is 56.1. The van der Waals surface area contributed by atoms with E-state index in [0.717, 1.165) is 0 Å². The maximum absolute atomic E-state index is 13.7. The molecule has 1 aliphatic heterocycles. The molecule has 3 N–H and O–H groups in total. The van der Waals surface area contributed by atoms with Crippen molar-refractivity contribution in [2.24, 2.45) is 0 Å². The van der Waals surface area contributed by atoms with E-state index in [1.54, 1.807) is 30.3 Å². The van der Waals surface area contributed by atoms with Crippen LogP contribution in [0.25, 0.3) is 11.8 Å². The summed E-state index contributed by atoms with van der Waals surface area (Å²) < 4.78 is 1.43. The molecule has 14 heteroatoms. The molecule has 4 aromatic rings. The van der Waals surface area contributed by atoms with Crippen LogP contribution < -0.4 is 10.6 Å². The fourth-order valence-electron chi connectivity index (χ4n) is 4.57. The molecule has 5 rings (SSSR count). The molecule has 42 heavy (non-hydrogen) atoms. The lowest BCUT2D eigenvalue weighted by molar-refractivity contribution is -0.135. The number of aromatic nitrogens is 5. The van der Waals surface area contributed by atoms with Gasteiger partial charge in [-0.3, -0.25) is 19.4 Å². The van der Waals surface area contributed by atoms with E-state index in [0.29, 0.717) is 45.3 Å². The quantitative estimate of drug-likeness (QED) is 0.275. The zero-order chi connectivity index (χ0) is 29.8. The second-order valence-electron chi connectivity index (χ2n) is 9.29. The van der Waals surface area contributed by atoms with Gasteiger partial charge in [-0.15, -0.1) is 5.10 Å². The summed E-state index contributed by atoms with van der Waals surface area (Å²) >= 11 is 6.21. The highest BCUT2D eigenvalue weighted by molar-refractivity contribution is 6.30. The minimum absolute atomic E-state index is 0.0594. The molecule has 2 aromatic carbocycles. The van der Waals surface area contributed by atoms with E-state index in [1.807, 2.05) is 0 Å². The number of nitrogens with zero attached hydrogens (tertiary/aromatic N) is 6. The maximum Gasteiger partial charge on any atom is 0.335 e. The average Bonchev–Trinajstić information content (AvgIpc) is 3.50. The van der Waals surface area contributed by atoms with Crippen molar-refractivity contribution in [1.29, 1.82) is 0 Å². The number of carboxylic acid groups (broad SMARTS) is 1. The average molecular weight is 587 g/mol. The summed E-state index contributed by atoms with van der Waals surface area (Å²) in [6.45, 7) is 1.54. The molecule has 3 amide bonds. The minimum Gasteiger partial charge on any atom is -0.478 e. The molecule has 212 valence electrons. The van der Waals surface area contributed by atoms with E-state index in [4.69, 9.17) is 11.6 Å². The Balaban J connectivity index is 1.48. The van der Waals surface area contributed by atoms with Crippen molar-refractivity contribution in [1.82, 2.24) is 30.1 Å². The van der Waals surface area contributed by atoms with E-state index in [-0.39, 0.29) is 18.0 Å². The van der Waals surface area contributed by atoms with Gasteiger partial charge in [-0.05, 0) is 65.0 Å². The first-order chi connectivity index (χ1) is 20.2. The Morgan fingerprint density at radius 2 is 1.83 bits per heavy atom. The smallest absolute Gasteiger partial charge is 0.335 e. The Morgan fingerprint density at radius 3 is 2.52 bits per heavy atom. The van der Waals surface area contributed by atoms with Gasteiger partial charge in [0.15, 0.2) is 0 Å². The van der Waals surface area contributed by atoms with Crippen molar-refractivity contribution in [2.45, 2.75) is 19.4 Å². The molecule has 0 spiro atoms. The van der Waals surface area contributed by atoms with E-state index < -0.39 is 23.8 Å². The third-order valence-corrected chi connectivity index (χ3v) is 6.68. The third kappa shape index (κ3) is 6.15. The SMILES string of the molecule is CC(=O)Nc1cnc2c(c1)C(C(=O)Nc1ccc(C(=O)O)cc1)N(C(=O)C=Cc1cc(Cl)ccc1-n1cnnn1)CC2. The number of hydrogen-bond donors (Lipinski definition) is 3. The lowest BCUT2D eigenvalue weighted by atomic mass is 9.95. The Morgan fingerprint density at radius 1 is 1.05 bits per heavy atom. The topological polar surface area (TPSA) is 172 Å². The zero-order valence-corrected chi connectivity index (χ0v) is 22.8. The number of benzene rings is 2. The Kier molecular flexibility index (Phi) is 8.02. The van der Waals surface area contributed by atoms with Gasteiger partial charge in [0.25, 0.3) is 5.91 Å². The molecule has 2 aromatic heterocycles. The Hall–Kier alpha value is -5.43. The summed E-state index contributed by atoms with van der Waals surface area (Å²) in [6.07, 6.45) is 6.17. The first kappa shape index (κ1) is 28.1. The van der Waals surface area contributed by atoms with E-state index in [1.165, 1.54) is 59.4 Å². The van der Waals surface area contributed by atoms with Gasteiger partial charge in [0.05, 0.1) is 23.1 Å². The van der Waals surface area contributed by atoms with Crippen LogP contribution in [0.1, 0.15) is 40.1 Å². The number of hydrogen-bond acceptors (Lipinski definition) is 8. The van der Waals surface area contributed by atoms with E-state index in [9.17, 15) is 24.3 Å². The number of aromatic carboxylic acids is 1. The highest BCUT2D eigenvalue weighted by atomic mass is 35.5. The number of anilines is 2. The van der Waals surface area contributed by atoms with Gasteiger partial charge in [-0.2, -0.15) is 4.68 Å². The van der Waals surface area contributed by atoms with Crippen LogP contribution in [0.2, 0.25) is 5.02 Å². The maximum atomic E-state index is 13.7. The number of amides is 3. The van der Waals surface area contributed by atoms with Crippen LogP contribution in [-0.2, 0) is 20.8 Å². The number of halogens is 1. The number of rotatable bonds is 7. The van der Waals surface area contributed by atoms with Gasteiger partial charge in [-0.25, -0.2) is 4.79 Å². The molecular weight excluding hydrogens is 564 g/mol. The molecule has 0 radical (unpaired) electrons. The fraction of sp³-hybridized carbons (Fsp3) is 0.143. The van der Waals surface area contributed by atoms with Crippen molar-refractivity contribution in [3.8, 4) is 5.69 Å². The summed E-state index contributed by atoms with van der Waals surface area (Å²) in [5, 5.41) is 26.2. The van der Waals surface area contributed by atoms with Crippen molar-refractivity contribution in [2.75, 3.05) is 17.2 Å². The molecule has 0 fully saturated rings. The van der Waals surface area contributed by atoms with Crippen molar-refractivity contribution in [3.05, 3.63) is 94.5 Å². The van der Waals surface area contributed by atoms with Gasteiger partial charge < -0.3 is 20.6 Å². The number of fused-ring (bicyclic) bond motifs is 1. The normalized spacial score (nSPS) is 14.3. The number of carbonyl (C=O) groups is 4. The monoisotopic (exact) mass is 586 g/mol. The molecular formula is C28H23ClN8O5. The molecule has 13 nitrogen and oxygen atoms in total. The number of carboxylic acids is 1. The van der Waals surface area contributed by atoms with Gasteiger partial charge in [0, 0.05) is 53.5 Å². The molecule has 0 aliphatic carbocycles. The molecule has 0 saturated heterocycles. The summed E-state index contributed by atoms with van der Waals surface area (Å²) in [7, 11) is 0. The van der Waals surface area contributed by atoms with Crippen LogP contribution in [0.5, 0.6) is 0 Å². The molecule has 1 aliphatic rings. The Bertz CT molecular complexity index is 1710. The van der Waals surface area contributed by atoms with Gasteiger partial charge >= 0.3 is 5.97 Å². The van der Waals surface area contributed by atoms with Crippen LogP contribution >= 0.6 is 11.6 Å². The number of nitrogens with one attached hydrogen (secondary N) is 2. The third-order valence-electron chi connectivity index (χ3n) is 6.44.